The van der Waals surface area contributed by atoms with Gasteiger partial charge in [0.05, 0.1) is 11.3 Å². The lowest BCUT2D eigenvalue weighted by atomic mass is 9.94. The molecule has 0 fully saturated rings. The summed E-state index contributed by atoms with van der Waals surface area (Å²) in [6.07, 6.45) is 5.65. The molecule has 0 unspecified atom stereocenters. The molecule has 28 heavy (non-hydrogen) atoms. The third kappa shape index (κ3) is 3.20. The maximum atomic E-state index is 12.3. The van der Waals surface area contributed by atoms with Crippen molar-refractivity contribution < 1.29 is 9.53 Å². The van der Waals surface area contributed by atoms with Crippen LogP contribution in [0, 0.1) is 0 Å². The first kappa shape index (κ1) is 17.7. The van der Waals surface area contributed by atoms with Crippen LogP contribution in [0.15, 0.2) is 59.9 Å². The van der Waals surface area contributed by atoms with Gasteiger partial charge in [0.1, 0.15) is 5.75 Å². The van der Waals surface area contributed by atoms with E-state index in [2.05, 4.69) is 21.4 Å². The number of carbonyl (C=O) groups is 1. The van der Waals surface area contributed by atoms with Crippen LogP contribution < -0.4 is 15.8 Å². The Hall–Kier alpha value is -3.67. The van der Waals surface area contributed by atoms with Crippen LogP contribution in [0.3, 0.4) is 0 Å². The minimum atomic E-state index is -0.113. The van der Waals surface area contributed by atoms with Crippen molar-refractivity contribution in [3.05, 3.63) is 77.2 Å². The standard InChI is InChI=1S/C22H20N4O2/c1-24-12-16(10-23)20-7-6-14(11-25-20)8-15-9-19-21(28-13-26-22(19)27)18-5-3-2-4-17(15)18/h2-7,9-12H,8,13,23H2,1H3,(H,26,27). The number of hydrogen-bond donors (Lipinski definition) is 2. The largest absolute Gasteiger partial charge is 0.472 e. The van der Waals surface area contributed by atoms with Gasteiger partial charge in [0.15, 0.2) is 6.73 Å². The molecule has 140 valence electrons. The Kier molecular flexibility index (Phi) is 4.76. The van der Waals surface area contributed by atoms with E-state index >= 15 is 0 Å². The molecule has 1 aromatic heterocycles. The maximum Gasteiger partial charge on any atom is 0.257 e. The van der Waals surface area contributed by atoms with E-state index in [1.54, 1.807) is 13.3 Å². The van der Waals surface area contributed by atoms with Crippen molar-refractivity contribution >= 4 is 28.5 Å². The minimum absolute atomic E-state index is 0.113. The Morgan fingerprint density at radius 3 is 2.82 bits per heavy atom. The molecule has 0 aliphatic carbocycles. The second-order valence-corrected chi connectivity index (χ2v) is 6.49. The van der Waals surface area contributed by atoms with Crippen molar-refractivity contribution in [3.8, 4) is 5.75 Å². The lowest BCUT2D eigenvalue weighted by Gasteiger charge is -2.21. The fourth-order valence-corrected chi connectivity index (χ4v) is 3.42. The summed E-state index contributed by atoms with van der Waals surface area (Å²) < 4.78 is 5.72. The quantitative estimate of drug-likeness (QED) is 0.689. The molecule has 1 amide bonds. The number of nitrogens with zero attached hydrogens (tertiary/aromatic N) is 2. The van der Waals surface area contributed by atoms with Crippen molar-refractivity contribution in [1.29, 1.82) is 0 Å². The number of allylic oxidation sites excluding steroid dienone is 1. The molecule has 2 heterocycles. The molecule has 6 heteroatoms. The van der Waals surface area contributed by atoms with Crippen LogP contribution in [-0.4, -0.2) is 30.9 Å². The Morgan fingerprint density at radius 1 is 1.29 bits per heavy atom. The molecule has 1 aliphatic rings. The lowest BCUT2D eigenvalue weighted by Crippen LogP contribution is -2.33. The van der Waals surface area contributed by atoms with E-state index in [1.807, 2.05) is 42.6 Å². The van der Waals surface area contributed by atoms with Gasteiger partial charge in [0, 0.05) is 36.6 Å². The molecule has 0 saturated heterocycles. The van der Waals surface area contributed by atoms with Crippen LogP contribution in [0.5, 0.6) is 5.75 Å². The zero-order valence-corrected chi connectivity index (χ0v) is 15.5. The van der Waals surface area contributed by atoms with Crippen molar-refractivity contribution in [1.82, 2.24) is 10.3 Å². The van der Waals surface area contributed by atoms with Crippen molar-refractivity contribution in [2.45, 2.75) is 6.42 Å². The molecule has 2 aromatic carbocycles. The zero-order valence-electron chi connectivity index (χ0n) is 15.5. The number of fused-ring (bicyclic) bond motifs is 3. The van der Waals surface area contributed by atoms with E-state index in [0.29, 0.717) is 17.7 Å². The van der Waals surface area contributed by atoms with E-state index in [1.165, 1.54) is 6.20 Å². The number of hydrogen-bond acceptors (Lipinski definition) is 5. The molecule has 0 atom stereocenters. The normalized spacial score (nSPS) is 14.0. The fourth-order valence-electron chi connectivity index (χ4n) is 3.42. The third-order valence-electron chi connectivity index (χ3n) is 4.74. The average molecular weight is 372 g/mol. The molecular formula is C22H20N4O2. The second-order valence-electron chi connectivity index (χ2n) is 6.49. The number of amides is 1. The number of pyridine rings is 1. The topological polar surface area (TPSA) is 89.6 Å². The van der Waals surface area contributed by atoms with E-state index in [-0.39, 0.29) is 12.6 Å². The number of carbonyl (C=O) groups excluding carboxylic acids is 1. The summed E-state index contributed by atoms with van der Waals surface area (Å²) in [4.78, 5) is 20.8. The van der Waals surface area contributed by atoms with Gasteiger partial charge in [-0.25, -0.2) is 0 Å². The first-order valence-electron chi connectivity index (χ1n) is 8.96. The van der Waals surface area contributed by atoms with Gasteiger partial charge in [0.25, 0.3) is 5.91 Å². The predicted octanol–water partition coefficient (Wildman–Crippen LogP) is 2.91. The monoisotopic (exact) mass is 372 g/mol. The molecular weight excluding hydrogens is 352 g/mol. The van der Waals surface area contributed by atoms with Crippen LogP contribution >= 0.6 is 0 Å². The fraction of sp³-hybridized carbons (Fsp3) is 0.136. The van der Waals surface area contributed by atoms with Crippen molar-refractivity contribution in [2.75, 3.05) is 13.8 Å². The van der Waals surface area contributed by atoms with Gasteiger partial charge in [0.2, 0.25) is 0 Å². The molecule has 3 N–H and O–H groups in total. The zero-order chi connectivity index (χ0) is 19.5. The van der Waals surface area contributed by atoms with Gasteiger partial charge < -0.3 is 15.8 Å². The Bertz CT molecular complexity index is 1100. The SMILES string of the molecule is CN=CC(=CN)c1ccc(Cc2cc3c(c4ccccc24)OCNC3=O)cn1. The second kappa shape index (κ2) is 7.52. The van der Waals surface area contributed by atoms with Gasteiger partial charge >= 0.3 is 0 Å². The highest BCUT2D eigenvalue weighted by atomic mass is 16.5. The number of nitrogens with one attached hydrogen (secondary N) is 1. The molecule has 1 aliphatic heterocycles. The Morgan fingerprint density at radius 2 is 2.11 bits per heavy atom. The number of benzene rings is 2. The number of rotatable bonds is 4. The first-order valence-corrected chi connectivity index (χ1v) is 8.96. The maximum absolute atomic E-state index is 12.3. The van der Waals surface area contributed by atoms with Crippen LogP contribution in [0.1, 0.15) is 27.2 Å². The molecule has 4 rings (SSSR count). The van der Waals surface area contributed by atoms with Crippen molar-refractivity contribution in [2.24, 2.45) is 10.7 Å². The minimum Gasteiger partial charge on any atom is -0.472 e. The van der Waals surface area contributed by atoms with E-state index in [0.717, 1.165) is 33.2 Å². The van der Waals surface area contributed by atoms with Crippen molar-refractivity contribution in [3.63, 3.8) is 0 Å². The van der Waals surface area contributed by atoms with Crippen LogP contribution in [0.2, 0.25) is 0 Å². The third-order valence-corrected chi connectivity index (χ3v) is 4.74. The van der Waals surface area contributed by atoms with E-state index in [9.17, 15) is 4.79 Å². The van der Waals surface area contributed by atoms with E-state index < -0.39 is 0 Å². The smallest absolute Gasteiger partial charge is 0.257 e. The highest BCUT2D eigenvalue weighted by molar-refractivity contribution is 6.08. The summed E-state index contributed by atoms with van der Waals surface area (Å²) in [6.45, 7) is 0.193. The molecule has 0 saturated carbocycles. The van der Waals surface area contributed by atoms with Crippen LogP contribution in [0.4, 0.5) is 0 Å². The summed E-state index contributed by atoms with van der Waals surface area (Å²) in [6, 6.07) is 13.8. The van der Waals surface area contributed by atoms with E-state index in [4.69, 9.17) is 10.5 Å². The van der Waals surface area contributed by atoms with Gasteiger partial charge in [-0.05, 0) is 35.1 Å². The number of nitrogens with two attached hydrogens (primary N) is 1. The molecule has 6 nitrogen and oxygen atoms in total. The van der Waals surface area contributed by atoms with Gasteiger partial charge in [-0.15, -0.1) is 0 Å². The summed E-state index contributed by atoms with van der Waals surface area (Å²) in [5.41, 5.74) is 9.83. The molecule has 0 bridgehead atoms. The predicted molar refractivity (Wildman–Crippen MR) is 111 cm³/mol. The number of aromatic nitrogens is 1. The highest BCUT2D eigenvalue weighted by Crippen LogP contribution is 2.35. The Labute approximate surface area is 162 Å². The summed E-state index contributed by atoms with van der Waals surface area (Å²) in [5, 5.41) is 4.74. The van der Waals surface area contributed by atoms with Gasteiger partial charge in [-0.1, -0.05) is 30.3 Å². The number of ether oxygens (including phenoxy) is 1. The summed E-state index contributed by atoms with van der Waals surface area (Å²) in [5.74, 6) is 0.534. The summed E-state index contributed by atoms with van der Waals surface area (Å²) >= 11 is 0. The number of aliphatic imine (C=N–C) groups is 1. The van der Waals surface area contributed by atoms with Crippen LogP contribution in [0.25, 0.3) is 16.3 Å². The first-order chi connectivity index (χ1) is 13.7. The molecule has 0 radical (unpaired) electrons. The van der Waals surface area contributed by atoms with Crippen LogP contribution in [-0.2, 0) is 6.42 Å². The summed E-state index contributed by atoms with van der Waals surface area (Å²) in [7, 11) is 1.69. The highest BCUT2D eigenvalue weighted by Gasteiger charge is 2.22. The lowest BCUT2D eigenvalue weighted by molar-refractivity contribution is 0.0885. The van der Waals surface area contributed by atoms with Gasteiger partial charge in [-0.2, -0.15) is 0 Å². The average Bonchev–Trinajstić information content (AvgIpc) is 2.73. The Balaban J connectivity index is 1.73. The molecule has 0 spiro atoms. The van der Waals surface area contributed by atoms with Gasteiger partial charge in [-0.3, -0.25) is 14.8 Å². The molecule has 3 aromatic rings.